The number of nitrogens with two attached hydrogens (primary N) is 6. The van der Waals surface area contributed by atoms with Crippen molar-refractivity contribution in [2.24, 2.45) is 0 Å². The van der Waals surface area contributed by atoms with Crippen molar-refractivity contribution in [1.29, 1.82) is 0 Å². The van der Waals surface area contributed by atoms with Crippen molar-refractivity contribution in [3.8, 4) is 0 Å². The first-order valence-corrected chi connectivity index (χ1v) is 45.1. The molecule has 4 amide bonds. The summed E-state index contributed by atoms with van der Waals surface area (Å²) < 4.78 is 102. The summed E-state index contributed by atoms with van der Waals surface area (Å²) in [6.45, 7) is -11.6. The van der Waals surface area contributed by atoms with Gasteiger partial charge in [0.15, 0.2) is 47.6 Å². The van der Waals surface area contributed by atoms with Crippen LogP contribution in [-0.4, -0.2) is 179 Å². The van der Waals surface area contributed by atoms with E-state index in [9.17, 15) is 77.0 Å². The Morgan fingerprint density at radius 2 is 0.836 bits per heavy atom. The maximum absolute atomic E-state index is 12.9. The first-order valence-electron chi connectivity index (χ1n) is 33.9. The van der Waals surface area contributed by atoms with Gasteiger partial charge in [0.05, 0.1) is 25.9 Å². The molecule has 2 saturated heterocycles. The number of benzene rings is 4. The highest BCUT2D eigenvalue weighted by molar-refractivity contribution is 8.07. The lowest BCUT2D eigenvalue weighted by molar-refractivity contribution is -0.645. The number of nitrogens with zero attached hydrogens (tertiary/aromatic N) is 10. The minimum atomic E-state index is -5.71. The third kappa shape index (κ3) is 22.9. The Balaban J connectivity index is 0.000000228. The molecule has 14 atom stereocenters. The number of imidazole rings is 2. The topological polar surface area (TPSA) is 736 Å². The first-order chi connectivity index (χ1) is 54.6. The summed E-state index contributed by atoms with van der Waals surface area (Å²) in [6, 6.07) is 26.4. The number of aryl methyl sites for hydroxylation is 2. The number of aliphatic hydroxyl groups is 2. The minimum Gasteiger partial charge on any atom is -0.779 e. The lowest BCUT2D eigenvalue weighted by Crippen LogP contribution is -2.42. The summed E-state index contributed by atoms with van der Waals surface area (Å²) in [7, 11) is -22.5. The van der Waals surface area contributed by atoms with E-state index < -0.39 is 119 Å². The molecule has 24 N–H and O–H groups in total. The molecular formula is C60H74N20O28P6S2. The van der Waals surface area contributed by atoms with Gasteiger partial charge in [-0.15, -0.1) is 0 Å². The quantitative estimate of drug-likeness (QED) is 0.00860. The molecule has 6 aromatic heterocycles. The van der Waals surface area contributed by atoms with E-state index in [1.54, 1.807) is 0 Å². The second-order valence-electron chi connectivity index (χ2n) is 25.4. The summed E-state index contributed by atoms with van der Waals surface area (Å²) in [5.74, 6) is -0.626. The fraction of sp³-hybridized carbons (Fsp3) is 0.333. The molecular weight excluding hydrogens is 1700 g/mol. The van der Waals surface area contributed by atoms with Crippen LogP contribution in [0, 0.1) is 0 Å². The van der Waals surface area contributed by atoms with E-state index in [1.807, 2.05) is 89.5 Å². The maximum atomic E-state index is 12.9. The standard InChI is InChI=1S/2C30H37N10O14P3S/c31-18-5-3-16-10-17-4-6-19(32)12-21(17)39(20(16)11-18)9-1-2-23(41)34-7-8-35-30(43)52-26-22(13-50-55(44,45)53-56(46,47)54-57(48,49)58)51-29(25(26)42)40-15-38-24-27(33)36-14-37-28(24)40;31-18-5-3-16-10-17-4-6-19(32)12-21(17)39(20(16)11-18)9-1-2-23(41)34-7-8-35-30(43)52-26-25(42)22(13-50-55(44,45)53-56(46,47)54-57(48,49)58)51-29(26)40-15-38-24-27(33)36-14-37-28(24)40/h2*3-6,10-12,14-15,22,25-26,29,42H,1-2,7-9,13H2,(H11,31,32,33,34,35,36,37,41,43,44,45,46,47,48,49,58)/t2*22-,25-,26-,29-/m11/s1. The number of nitrogens with one attached hydrogen (secondary N) is 4. The van der Waals surface area contributed by atoms with Gasteiger partial charge in [0.2, 0.25) is 33.9 Å². The number of aromatic nitrogens is 10. The SMILES string of the molecule is Nc1ccc2cc3ccc(N)cc3[n+](CCCC(=O)NCCNC(=O)O[C@@H]3[C@H](O)[C@@H](COP(=O)(O)OP(=O)(O)OP([O-])(O)=S)O[C@H]3n3cnc4c(N)ncnc43)c2c1.Nc1ccc2cc3ccc(N)cc3[n+](CCCC(=O)NCCNC(=O)O[C@H]3[C@@H](O)[C@H](n4cnc5c(N)ncnc54)O[C@@H]3COP(=O)(O)OP(=O)(O)OP([O-])(O)=S)c2c1. The Kier molecular flexibility index (Phi) is 27.7. The van der Waals surface area contributed by atoms with Crippen molar-refractivity contribution in [3.63, 3.8) is 0 Å². The zero-order valence-corrected chi connectivity index (χ0v) is 66.7. The number of hydrogen-bond acceptors (Lipinski definition) is 36. The Morgan fingerprint density at radius 3 is 1.23 bits per heavy atom. The molecule has 0 aliphatic carbocycles. The van der Waals surface area contributed by atoms with E-state index in [1.165, 1.54) is 21.8 Å². The molecule has 12 rings (SSSR count). The molecule has 2 aliphatic heterocycles. The number of anilines is 6. The lowest BCUT2D eigenvalue weighted by Gasteiger charge is -2.24. The van der Waals surface area contributed by atoms with Gasteiger partial charge in [0, 0.05) is 120 Å². The molecule has 8 heterocycles. The van der Waals surface area contributed by atoms with Crippen molar-refractivity contribution in [3.05, 3.63) is 110 Å². The van der Waals surface area contributed by atoms with Crippen LogP contribution < -0.4 is 74.6 Å². The molecule has 0 saturated carbocycles. The molecule has 0 radical (unpaired) electrons. The van der Waals surface area contributed by atoms with Crippen LogP contribution in [0.2, 0.25) is 0 Å². The van der Waals surface area contributed by atoms with E-state index in [4.69, 9.17) is 67.7 Å². The van der Waals surface area contributed by atoms with Crippen LogP contribution in [0.5, 0.6) is 0 Å². The largest absolute Gasteiger partial charge is 0.779 e. The fourth-order valence-electron chi connectivity index (χ4n) is 12.3. The third-order valence-corrected chi connectivity index (χ3v) is 25.8. The average Bonchev–Trinajstić information content (AvgIpc) is 0.821. The second-order valence-corrected chi connectivity index (χ2v) is 36.9. The third-order valence-electron chi connectivity index (χ3n) is 17.1. The number of phosphoric acid groups is 4. The van der Waals surface area contributed by atoms with E-state index in [2.05, 4.69) is 101 Å². The number of amides is 4. The highest BCUT2D eigenvalue weighted by Crippen LogP contribution is 2.67. The summed E-state index contributed by atoms with van der Waals surface area (Å²) in [5.41, 5.74) is 42.3. The number of hydrogen-bond donors (Lipinski definition) is 18. The number of pyridine rings is 2. The Morgan fingerprint density at radius 1 is 0.474 bits per heavy atom. The lowest BCUT2D eigenvalue weighted by atomic mass is 10.1. The Labute approximate surface area is 662 Å². The first kappa shape index (κ1) is 87.9. The predicted octanol–water partition coefficient (Wildman–Crippen LogP) is -0.112. The van der Waals surface area contributed by atoms with Gasteiger partial charge in [0.25, 0.3) is 0 Å². The maximum Gasteiger partial charge on any atom is 0.485 e. The van der Waals surface area contributed by atoms with Crippen molar-refractivity contribution < 1.29 is 141 Å². The zero-order valence-electron chi connectivity index (χ0n) is 59.7. The fourth-order valence-corrected chi connectivity index (χ4v) is 19.8. The molecule has 0 spiro atoms. The average molecular weight is 1770 g/mol. The van der Waals surface area contributed by atoms with Gasteiger partial charge in [-0.3, -0.25) is 27.8 Å². The van der Waals surface area contributed by atoms with Gasteiger partial charge in [0.1, 0.15) is 74.6 Å². The molecule has 0 bridgehead atoms. The highest BCUT2D eigenvalue weighted by atomic mass is 32.5. The van der Waals surface area contributed by atoms with E-state index in [0.717, 1.165) is 56.3 Å². The zero-order chi connectivity index (χ0) is 84.0. The molecule has 48 nitrogen and oxygen atoms in total. The number of nitrogen functional groups attached to an aromatic ring is 6. The number of aliphatic hydroxyl groups excluding tert-OH is 2. The molecule has 10 aromatic rings. The van der Waals surface area contributed by atoms with E-state index >= 15 is 0 Å². The molecule has 6 unspecified atom stereocenters. The van der Waals surface area contributed by atoms with Gasteiger partial charge < -0.3 is 124 Å². The number of alkyl carbamates (subject to hydrolysis) is 2. The van der Waals surface area contributed by atoms with Gasteiger partial charge in [-0.1, -0.05) is 23.6 Å². The van der Waals surface area contributed by atoms with Crippen LogP contribution >= 0.6 is 44.7 Å². The number of ether oxygens (including phenoxy) is 4. The smallest absolute Gasteiger partial charge is 0.485 e. The van der Waals surface area contributed by atoms with Crippen molar-refractivity contribution in [1.82, 2.24) is 60.3 Å². The van der Waals surface area contributed by atoms with Crippen molar-refractivity contribution in [2.75, 3.05) is 73.8 Å². The summed E-state index contributed by atoms with van der Waals surface area (Å²) in [5, 5.41) is 36.5. The van der Waals surface area contributed by atoms with Crippen LogP contribution in [0.4, 0.5) is 44.0 Å². The monoisotopic (exact) mass is 1770 g/mol. The van der Waals surface area contributed by atoms with Gasteiger partial charge in [-0.2, -0.15) is 17.8 Å². The van der Waals surface area contributed by atoms with Crippen LogP contribution in [0.1, 0.15) is 38.1 Å². The Bertz CT molecular complexity index is 5580. The number of fused-ring (bicyclic) bond motifs is 6. The minimum absolute atomic E-state index is 0.00126. The van der Waals surface area contributed by atoms with Crippen LogP contribution in [-0.2, 0) is 110 Å². The Hall–Kier alpha value is -8.90. The summed E-state index contributed by atoms with van der Waals surface area (Å²) >= 11 is 7.91. The number of carbonyl (C=O) groups is 4. The summed E-state index contributed by atoms with van der Waals surface area (Å²) in [6.07, 6.45) is -9.23. The molecule has 116 heavy (non-hydrogen) atoms. The van der Waals surface area contributed by atoms with Gasteiger partial charge >= 0.3 is 43.5 Å². The number of carbonyl (C=O) groups excluding carboxylic acids is 4. The number of phosphoric ester groups is 2. The van der Waals surface area contributed by atoms with Crippen LogP contribution in [0.15, 0.2) is 110 Å². The van der Waals surface area contributed by atoms with Crippen LogP contribution in [0.3, 0.4) is 0 Å². The summed E-state index contributed by atoms with van der Waals surface area (Å²) in [4.78, 5) is 155. The molecule has 624 valence electrons. The van der Waals surface area contributed by atoms with Crippen molar-refractivity contribution in [2.45, 2.75) is 87.9 Å². The molecule has 4 aromatic carbocycles. The molecule has 2 fully saturated rings. The van der Waals surface area contributed by atoms with E-state index in [0.29, 0.717) is 48.7 Å². The second kappa shape index (κ2) is 36.5. The van der Waals surface area contributed by atoms with E-state index in [-0.39, 0.29) is 84.8 Å². The van der Waals surface area contributed by atoms with Gasteiger partial charge in [-0.25, -0.2) is 66.4 Å². The molecule has 56 heteroatoms. The van der Waals surface area contributed by atoms with Crippen LogP contribution in [0.25, 0.3) is 65.9 Å². The molecule has 2 aliphatic rings. The van der Waals surface area contributed by atoms with Crippen molar-refractivity contribution >= 4 is 193 Å². The highest BCUT2D eigenvalue weighted by Gasteiger charge is 2.51. The van der Waals surface area contributed by atoms with Gasteiger partial charge in [-0.05, 0) is 60.7 Å². The predicted molar refractivity (Wildman–Crippen MR) is 410 cm³/mol. The number of rotatable bonds is 32. The normalized spacial score (nSPS) is 21.3.